The number of aromatic nitrogens is 2. The van der Waals surface area contributed by atoms with E-state index in [0.717, 1.165) is 29.8 Å². The van der Waals surface area contributed by atoms with E-state index in [9.17, 15) is 4.79 Å². The predicted molar refractivity (Wildman–Crippen MR) is 82.3 cm³/mol. The summed E-state index contributed by atoms with van der Waals surface area (Å²) in [6, 6.07) is 4.04. The van der Waals surface area contributed by atoms with Gasteiger partial charge in [-0.05, 0) is 25.0 Å². The fourth-order valence-corrected chi connectivity index (χ4v) is 3.41. The van der Waals surface area contributed by atoms with Crippen molar-refractivity contribution in [1.82, 2.24) is 14.9 Å². The van der Waals surface area contributed by atoms with Gasteiger partial charge in [0, 0.05) is 31.8 Å². The molecule has 2 aromatic heterocycles. The van der Waals surface area contributed by atoms with E-state index in [-0.39, 0.29) is 18.4 Å². The monoisotopic (exact) mass is 306 g/mol. The van der Waals surface area contributed by atoms with E-state index in [4.69, 9.17) is 10.5 Å². The zero-order valence-electron chi connectivity index (χ0n) is 11.9. The van der Waals surface area contributed by atoms with Gasteiger partial charge in [0.15, 0.2) is 10.8 Å². The van der Waals surface area contributed by atoms with E-state index in [1.54, 1.807) is 7.11 Å². The first-order valence-electron chi connectivity index (χ1n) is 6.97. The van der Waals surface area contributed by atoms with Gasteiger partial charge in [-0.15, -0.1) is 0 Å². The molecule has 1 atom stereocenters. The van der Waals surface area contributed by atoms with E-state index >= 15 is 0 Å². The summed E-state index contributed by atoms with van der Waals surface area (Å²) in [6.07, 6.45) is 2.02. The first-order chi connectivity index (χ1) is 10.2. The second kappa shape index (κ2) is 5.95. The summed E-state index contributed by atoms with van der Waals surface area (Å²) in [5.74, 6) is 0.299. The number of nitrogen functional groups attached to an aromatic ring is 1. The summed E-state index contributed by atoms with van der Waals surface area (Å²) >= 11 is 1.44. The van der Waals surface area contributed by atoms with Crippen LogP contribution in [0.5, 0.6) is 0 Å². The third kappa shape index (κ3) is 2.98. The highest BCUT2D eigenvalue weighted by atomic mass is 32.1. The molecule has 21 heavy (non-hydrogen) atoms. The van der Waals surface area contributed by atoms with Crippen molar-refractivity contribution in [2.24, 2.45) is 0 Å². The van der Waals surface area contributed by atoms with Crippen LogP contribution in [0.25, 0.3) is 10.3 Å². The molecule has 112 valence electrons. The number of methoxy groups -OCH3 is 1. The Balaban J connectivity index is 1.79. The molecule has 0 spiro atoms. The van der Waals surface area contributed by atoms with Crippen LogP contribution in [-0.4, -0.2) is 47.6 Å². The van der Waals surface area contributed by atoms with Crippen molar-refractivity contribution in [3.05, 3.63) is 17.8 Å². The van der Waals surface area contributed by atoms with Gasteiger partial charge in [-0.25, -0.2) is 9.97 Å². The van der Waals surface area contributed by atoms with E-state index in [1.807, 2.05) is 17.0 Å². The Kier molecular flexibility index (Phi) is 4.03. The third-order valence-electron chi connectivity index (χ3n) is 3.75. The molecule has 1 aliphatic rings. The molecule has 3 heterocycles. The molecule has 0 unspecified atom stereocenters. The summed E-state index contributed by atoms with van der Waals surface area (Å²) in [5, 5.41) is 0.537. The van der Waals surface area contributed by atoms with E-state index in [0.29, 0.717) is 17.3 Å². The lowest BCUT2D eigenvalue weighted by atomic mass is 9.94. The van der Waals surface area contributed by atoms with Crippen LogP contribution in [0.1, 0.15) is 24.5 Å². The first-order valence-corrected chi connectivity index (χ1v) is 7.78. The van der Waals surface area contributed by atoms with Crippen molar-refractivity contribution in [2.45, 2.75) is 18.8 Å². The van der Waals surface area contributed by atoms with Gasteiger partial charge in [0.05, 0.1) is 4.70 Å². The number of fused-ring (bicyclic) bond motifs is 1. The highest BCUT2D eigenvalue weighted by Crippen LogP contribution is 2.29. The van der Waals surface area contributed by atoms with Crippen LogP contribution < -0.4 is 5.73 Å². The van der Waals surface area contributed by atoms with Gasteiger partial charge in [0.2, 0.25) is 5.91 Å². The lowest BCUT2D eigenvalue weighted by Crippen LogP contribution is -2.41. The SMILES string of the molecule is COCC(=O)N1CCC[C@H](c2ccc3sc(N)nc3n2)C1. The maximum absolute atomic E-state index is 11.9. The van der Waals surface area contributed by atoms with Gasteiger partial charge < -0.3 is 15.4 Å². The number of thiazole rings is 1. The zero-order chi connectivity index (χ0) is 14.8. The van der Waals surface area contributed by atoms with Gasteiger partial charge in [0.1, 0.15) is 6.61 Å². The summed E-state index contributed by atoms with van der Waals surface area (Å²) in [7, 11) is 1.54. The van der Waals surface area contributed by atoms with E-state index in [1.165, 1.54) is 11.3 Å². The maximum Gasteiger partial charge on any atom is 0.248 e. The van der Waals surface area contributed by atoms with Crippen LogP contribution in [0.3, 0.4) is 0 Å². The van der Waals surface area contributed by atoms with Gasteiger partial charge in [-0.1, -0.05) is 11.3 Å². The molecule has 1 amide bonds. The standard InChI is InChI=1S/C14H18N4O2S/c1-20-8-12(19)18-6-2-3-9(7-18)10-4-5-11-13(16-10)17-14(15)21-11/h4-5,9H,2-3,6-8H2,1H3,(H2,15,16,17)/t9-/m0/s1. The summed E-state index contributed by atoms with van der Waals surface area (Å²) in [4.78, 5) is 22.7. The predicted octanol–water partition coefficient (Wildman–Crippen LogP) is 1.63. The van der Waals surface area contributed by atoms with Gasteiger partial charge >= 0.3 is 0 Å². The van der Waals surface area contributed by atoms with Crippen molar-refractivity contribution in [2.75, 3.05) is 32.5 Å². The van der Waals surface area contributed by atoms with Crippen LogP contribution in [-0.2, 0) is 9.53 Å². The van der Waals surface area contributed by atoms with Crippen LogP contribution in [0.4, 0.5) is 5.13 Å². The van der Waals surface area contributed by atoms with Crippen LogP contribution >= 0.6 is 11.3 Å². The molecule has 3 rings (SSSR count). The molecular weight excluding hydrogens is 288 g/mol. The molecule has 1 fully saturated rings. The average Bonchev–Trinajstić information content (AvgIpc) is 2.86. The number of nitrogens with two attached hydrogens (primary N) is 1. The Hall–Kier alpha value is -1.73. The lowest BCUT2D eigenvalue weighted by Gasteiger charge is -2.32. The van der Waals surface area contributed by atoms with Crippen molar-refractivity contribution in [3.8, 4) is 0 Å². The molecule has 7 heteroatoms. The molecule has 6 nitrogen and oxygen atoms in total. The minimum absolute atomic E-state index is 0.0428. The number of carbonyl (C=O) groups is 1. The smallest absolute Gasteiger partial charge is 0.248 e. The number of carbonyl (C=O) groups excluding carboxylic acids is 1. The van der Waals surface area contributed by atoms with Crippen LogP contribution in [0, 0.1) is 0 Å². The Labute approximate surface area is 126 Å². The average molecular weight is 306 g/mol. The molecule has 0 bridgehead atoms. The number of ether oxygens (including phenoxy) is 1. The Morgan fingerprint density at radius 3 is 3.19 bits per heavy atom. The second-order valence-corrected chi connectivity index (χ2v) is 6.28. The number of piperidine rings is 1. The third-order valence-corrected chi connectivity index (χ3v) is 4.59. The lowest BCUT2D eigenvalue weighted by molar-refractivity contribution is -0.136. The summed E-state index contributed by atoms with van der Waals surface area (Å²) in [6.45, 7) is 1.63. The molecule has 0 aromatic carbocycles. The minimum Gasteiger partial charge on any atom is -0.375 e. The number of amides is 1. The van der Waals surface area contributed by atoms with Crippen LogP contribution in [0.2, 0.25) is 0 Å². The van der Waals surface area contributed by atoms with Crippen molar-refractivity contribution < 1.29 is 9.53 Å². The van der Waals surface area contributed by atoms with E-state index < -0.39 is 0 Å². The molecule has 0 aliphatic carbocycles. The Morgan fingerprint density at radius 2 is 2.38 bits per heavy atom. The fraction of sp³-hybridized carbons (Fsp3) is 0.500. The minimum atomic E-state index is 0.0428. The largest absolute Gasteiger partial charge is 0.375 e. The normalized spacial score (nSPS) is 19.1. The topological polar surface area (TPSA) is 81.3 Å². The van der Waals surface area contributed by atoms with Crippen molar-refractivity contribution >= 4 is 32.7 Å². The number of likely N-dealkylation sites (tertiary alicyclic amines) is 1. The molecule has 2 aromatic rings. The molecule has 1 aliphatic heterocycles. The quantitative estimate of drug-likeness (QED) is 0.932. The summed E-state index contributed by atoms with van der Waals surface area (Å²) in [5.41, 5.74) is 7.41. The highest BCUT2D eigenvalue weighted by Gasteiger charge is 2.25. The summed E-state index contributed by atoms with van der Waals surface area (Å²) < 4.78 is 5.93. The number of pyridine rings is 1. The number of anilines is 1. The van der Waals surface area contributed by atoms with Crippen LogP contribution in [0.15, 0.2) is 12.1 Å². The molecule has 2 N–H and O–H groups in total. The number of rotatable bonds is 3. The molecule has 0 radical (unpaired) electrons. The van der Waals surface area contributed by atoms with E-state index in [2.05, 4.69) is 9.97 Å². The highest BCUT2D eigenvalue weighted by molar-refractivity contribution is 7.21. The Morgan fingerprint density at radius 1 is 1.52 bits per heavy atom. The van der Waals surface area contributed by atoms with Gasteiger partial charge in [0.25, 0.3) is 0 Å². The number of hydrogen-bond acceptors (Lipinski definition) is 6. The molecule has 1 saturated heterocycles. The second-order valence-electron chi connectivity index (χ2n) is 5.22. The number of hydrogen-bond donors (Lipinski definition) is 1. The zero-order valence-corrected chi connectivity index (χ0v) is 12.7. The molecular formula is C14H18N4O2S. The fourth-order valence-electron chi connectivity index (χ4n) is 2.74. The number of nitrogens with zero attached hydrogens (tertiary/aromatic N) is 3. The van der Waals surface area contributed by atoms with Crippen molar-refractivity contribution in [1.29, 1.82) is 0 Å². The maximum atomic E-state index is 11.9. The van der Waals surface area contributed by atoms with Gasteiger partial charge in [-0.3, -0.25) is 4.79 Å². The van der Waals surface area contributed by atoms with Crippen molar-refractivity contribution in [3.63, 3.8) is 0 Å². The van der Waals surface area contributed by atoms with Gasteiger partial charge in [-0.2, -0.15) is 0 Å². The Bertz CT molecular complexity index is 657. The first kappa shape index (κ1) is 14.2. The molecule has 0 saturated carbocycles.